The van der Waals surface area contributed by atoms with Crippen LogP contribution in [0, 0.1) is 6.92 Å². The molecule has 0 saturated heterocycles. The van der Waals surface area contributed by atoms with Gasteiger partial charge in [-0.2, -0.15) is 5.10 Å². The number of aromatic nitrogens is 2. The third-order valence-corrected chi connectivity index (χ3v) is 5.43. The molecule has 96 valence electrons. The smallest absolute Gasteiger partial charge is 0.268 e. The van der Waals surface area contributed by atoms with E-state index in [1.807, 2.05) is 0 Å². The minimum atomic E-state index is -3.70. The standard InChI is InChI=1S/C10H9ClN2O3S2/c1-6-4-7(10(14)13-12-6)5-8-2-3-9(17-8)18(11,15)16/h2-4H,5H2,1H3,(H,13,14). The van der Waals surface area contributed by atoms with Gasteiger partial charge in [0.1, 0.15) is 4.21 Å². The largest absolute Gasteiger partial charge is 0.270 e. The number of nitrogens with zero attached hydrogens (tertiary/aromatic N) is 1. The lowest BCUT2D eigenvalue weighted by atomic mass is 10.2. The van der Waals surface area contributed by atoms with Gasteiger partial charge in [0, 0.05) is 27.5 Å². The van der Waals surface area contributed by atoms with E-state index in [-0.39, 0.29) is 9.77 Å². The summed E-state index contributed by atoms with van der Waals surface area (Å²) in [6.45, 7) is 1.77. The van der Waals surface area contributed by atoms with Gasteiger partial charge in [-0.25, -0.2) is 13.5 Å². The summed E-state index contributed by atoms with van der Waals surface area (Å²) in [5, 5.41) is 6.15. The number of H-pyrrole nitrogens is 1. The summed E-state index contributed by atoms with van der Waals surface area (Å²) in [5.41, 5.74) is 0.971. The van der Waals surface area contributed by atoms with E-state index in [0.29, 0.717) is 17.7 Å². The number of rotatable bonds is 3. The molecule has 2 aromatic heterocycles. The first-order valence-corrected chi connectivity index (χ1v) is 8.07. The zero-order chi connectivity index (χ0) is 13.3. The first-order chi connectivity index (χ1) is 8.36. The molecule has 0 aliphatic heterocycles. The minimum absolute atomic E-state index is 0.0846. The van der Waals surface area contributed by atoms with Gasteiger partial charge in [0.05, 0.1) is 5.69 Å². The number of aryl methyl sites for hydroxylation is 1. The van der Waals surface area contributed by atoms with E-state index < -0.39 is 9.05 Å². The Morgan fingerprint density at radius 1 is 1.44 bits per heavy atom. The van der Waals surface area contributed by atoms with Crippen LogP contribution in [0.1, 0.15) is 16.1 Å². The Morgan fingerprint density at radius 3 is 2.78 bits per heavy atom. The highest BCUT2D eigenvalue weighted by Gasteiger charge is 2.14. The summed E-state index contributed by atoms with van der Waals surface area (Å²) in [5.74, 6) is 0. The van der Waals surface area contributed by atoms with Crippen molar-refractivity contribution >= 4 is 31.1 Å². The first-order valence-electron chi connectivity index (χ1n) is 4.95. The van der Waals surface area contributed by atoms with E-state index in [0.717, 1.165) is 16.2 Å². The summed E-state index contributed by atoms with van der Waals surface area (Å²) in [4.78, 5) is 12.3. The van der Waals surface area contributed by atoms with Crippen molar-refractivity contribution in [3.8, 4) is 0 Å². The lowest BCUT2D eigenvalue weighted by Gasteiger charge is -1.98. The van der Waals surface area contributed by atoms with Crippen molar-refractivity contribution in [1.29, 1.82) is 0 Å². The fourth-order valence-electron chi connectivity index (χ4n) is 1.46. The van der Waals surface area contributed by atoms with Crippen LogP contribution in [0.4, 0.5) is 0 Å². The molecule has 18 heavy (non-hydrogen) atoms. The van der Waals surface area contributed by atoms with Crippen LogP contribution in [0.15, 0.2) is 27.2 Å². The molecular formula is C10H9ClN2O3S2. The fourth-order valence-corrected chi connectivity index (χ4v) is 3.61. The maximum absolute atomic E-state index is 11.5. The Kier molecular flexibility index (Phi) is 3.56. The second-order valence-corrected chi connectivity index (χ2v) is 7.66. The van der Waals surface area contributed by atoms with Crippen LogP contribution >= 0.6 is 22.0 Å². The SMILES string of the molecule is Cc1cc(Cc2ccc(S(=O)(=O)Cl)s2)c(=O)[nH]n1. The van der Waals surface area contributed by atoms with Gasteiger partial charge in [-0.05, 0) is 25.1 Å². The van der Waals surface area contributed by atoms with Crippen molar-refractivity contribution in [2.24, 2.45) is 0 Å². The Balaban J connectivity index is 2.32. The quantitative estimate of drug-likeness (QED) is 0.875. The number of aromatic amines is 1. The third kappa shape index (κ3) is 2.98. The number of nitrogens with one attached hydrogen (secondary N) is 1. The lowest BCUT2D eigenvalue weighted by molar-refractivity contribution is 0.611. The minimum Gasteiger partial charge on any atom is -0.268 e. The number of hydrogen-bond acceptors (Lipinski definition) is 5. The second kappa shape index (κ2) is 4.83. The summed E-state index contributed by atoms with van der Waals surface area (Å²) >= 11 is 1.06. The molecule has 2 heterocycles. The molecule has 0 aromatic carbocycles. The molecule has 0 aliphatic carbocycles. The Morgan fingerprint density at radius 2 is 2.17 bits per heavy atom. The molecule has 5 nitrogen and oxygen atoms in total. The van der Waals surface area contributed by atoms with Crippen LogP contribution in [-0.4, -0.2) is 18.6 Å². The molecule has 2 aromatic rings. The van der Waals surface area contributed by atoms with Crippen molar-refractivity contribution in [2.45, 2.75) is 17.6 Å². The number of hydrogen-bond donors (Lipinski definition) is 1. The van der Waals surface area contributed by atoms with Gasteiger partial charge in [-0.3, -0.25) is 4.79 Å². The van der Waals surface area contributed by atoms with Crippen molar-refractivity contribution in [3.63, 3.8) is 0 Å². The fraction of sp³-hybridized carbons (Fsp3) is 0.200. The zero-order valence-electron chi connectivity index (χ0n) is 9.31. The Labute approximate surface area is 112 Å². The molecule has 0 fully saturated rings. The maximum Gasteiger partial charge on any atom is 0.270 e. The van der Waals surface area contributed by atoms with Gasteiger partial charge >= 0.3 is 0 Å². The molecular weight excluding hydrogens is 296 g/mol. The molecule has 8 heteroatoms. The Hall–Kier alpha value is -1.18. The summed E-state index contributed by atoms with van der Waals surface area (Å²) < 4.78 is 22.3. The van der Waals surface area contributed by atoms with Crippen LogP contribution in [0.3, 0.4) is 0 Å². The van der Waals surface area contributed by atoms with Gasteiger partial charge in [-0.15, -0.1) is 11.3 Å². The highest BCUT2D eigenvalue weighted by molar-refractivity contribution is 8.15. The van der Waals surface area contributed by atoms with E-state index in [9.17, 15) is 13.2 Å². The lowest BCUT2D eigenvalue weighted by Crippen LogP contribution is -2.14. The van der Waals surface area contributed by atoms with Crippen LogP contribution in [0.2, 0.25) is 0 Å². The molecule has 0 amide bonds. The second-order valence-electron chi connectivity index (χ2n) is 3.70. The van der Waals surface area contributed by atoms with Gasteiger partial charge in [-0.1, -0.05) is 0 Å². The van der Waals surface area contributed by atoms with Crippen LogP contribution < -0.4 is 5.56 Å². The van der Waals surface area contributed by atoms with Gasteiger partial charge < -0.3 is 0 Å². The van der Waals surface area contributed by atoms with Crippen LogP contribution in [0.5, 0.6) is 0 Å². The number of halogens is 1. The first kappa shape index (κ1) is 13.3. The molecule has 0 saturated carbocycles. The zero-order valence-corrected chi connectivity index (χ0v) is 11.7. The van der Waals surface area contributed by atoms with Gasteiger partial charge in [0.25, 0.3) is 14.6 Å². The third-order valence-electron chi connectivity index (χ3n) is 2.25. The molecule has 0 unspecified atom stereocenters. The van der Waals surface area contributed by atoms with Crippen molar-refractivity contribution in [2.75, 3.05) is 0 Å². The maximum atomic E-state index is 11.5. The van der Waals surface area contributed by atoms with E-state index in [1.54, 1.807) is 19.1 Å². The molecule has 0 bridgehead atoms. The normalized spacial score (nSPS) is 11.7. The molecule has 0 spiro atoms. The van der Waals surface area contributed by atoms with Crippen molar-refractivity contribution < 1.29 is 8.42 Å². The number of thiophene rings is 1. The highest BCUT2D eigenvalue weighted by Crippen LogP contribution is 2.25. The summed E-state index contributed by atoms with van der Waals surface area (Å²) in [6.07, 6.45) is 0.357. The van der Waals surface area contributed by atoms with E-state index in [2.05, 4.69) is 10.2 Å². The average Bonchev–Trinajstić information content (AvgIpc) is 2.71. The molecule has 0 atom stereocenters. The molecule has 0 radical (unpaired) electrons. The monoisotopic (exact) mass is 304 g/mol. The summed E-state index contributed by atoms with van der Waals surface area (Å²) in [7, 11) is 1.54. The molecule has 0 aliphatic rings. The summed E-state index contributed by atoms with van der Waals surface area (Å²) in [6, 6.07) is 4.76. The van der Waals surface area contributed by atoms with Crippen molar-refractivity contribution in [3.05, 3.63) is 44.7 Å². The highest BCUT2D eigenvalue weighted by atomic mass is 35.7. The van der Waals surface area contributed by atoms with E-state index >= 15 is 0 Å². The van der Waals surface area contributed by atoms with E-state index in [4.69, 9.17) is 10.7 Å². The predicted molar refractivity (Wildman–Crippen MR) is 69.8 cm³/mol. The average molecular weight is 305 g/mol. The topological polar surface area (TPSA) is 79.9 Å². The van der Waals surface area contributed by atoms with Crippen LogP contribution in [0.25, 0.3) is 0 Å². The van der Waals surface area contributed by atoms with Gasteiger partial charge in [0.2, 0.25) is 0 Å². The molecule has 2 rings (SSSR count). The molecule has 1 N–H and O–H groups in total. The van der Waals surface area contributed by atoms with Crippen molar-refractivity contribution in [1.82, 2.24) is 10.2 Å². The predicted octanol–water partition coefficient (Wildman–Crippen LogP) is 1.66. The van der Waals surface area contributed by atoms with Crippen LogP contribution in [-0.2, 0) is 15.5 Å². The van der Waals surface area contributed by atoms with E-state index in [1.165, 1.54) is 6.07 Å². The Bertz CT molecular complexity index is 734. The van der Waals surface area contributed by atoms with Gasteiger partial charge in [0.15, 0.2) is 0 Å².